The molecule has 1 aliphatic rings. The minimum absolute atomic E-state index is 0.0206. The molecular weight excluding hydrogens is 130 g/mol. The first-order valence-corrected chi connectivity index (χ1v) is 3.21. The maximum absolute atomic E-state index is 10.8. The summed E-state index contributed by atoms with van der Waals surface area (Å²) in [5, 5.41) is 5.28. The predicted octanol–water partition coefficient (Wildman–Crippen LogP) is -0.448. The van der Waals surface area contributed by atoms with E-state index in [2.05, 4.69) is 5.10 Å². The Morgan fingerprint density at radius 3 is 2.60 bits per heavy atom. The van der Waals surface area contributed by atoms with Crippen LogP contribution in [-0.4, -0.2) is 29.7 Å². The van der Waals surface area contributed by atoms with Gasteiger partial charge in [-0.25, -0.2) is 5.01 Å². The van der Waals surface area contributed by atoms with Crippen LogP contribution in [0.5, 0.6) is 0 Å². The lowest BCUT2D eigenvalue weighted by Gasteiger charge is -2.00. The lowest BCUT2D eigenvalue weighted by molar-refractivity contribution is -0.127. The molecule has 0 fully saturated rings. The highest BCUT2D eigenvalue weighted by molar-refractivity contribution is 6.07. The Morgan fingerprint density at radius 2 is 2.40 bits per heavy atom. The minimum atomic E-state index is -0.103. The fraction of sp³-hybridized carbons (Fsp3) is 0.667. The van der Waals surface area contributed by atoms with Crippen molar-refractivity contribution in [1.29, 1.82) is 0 Å². The van der Waals surface area contributed by atoms with Gasteiger partial charge in [-0.1, -0.05) is 0 Å². The second kappa shape index (κ2) is 2.38. The van der Waals surface area contributed by atoms with Crippen LogP contribution in [0.25, 0.3) is 0 Å². The summed E-state index contributed by atoms with van der Waals surface area (Å²) in [5.74, 6) is 0.0206. The highest BCUT2D eigenvalue weighted by Crippen LogP contribution is 2.06. The second-order valence-corrected chi connectivity index (χ2v) is 2.47. The van der Waals surface area contributed by atoms with E-state index in [1.807, 2.05) is 6.92 Å². The van der Waals surface area contributed by atoms with Crippen LogP contribution < -0.4 is 5.73 Å². The van der Waals surface area contributed by atoms with E-state index in [0.717, 1.165) is 5.71 Å². The lowest BCUT2D eigenvalue weighted by atomic mass is 10.1. The monoisotopic (exact) mass is 141 g/mol. The van der Waals surface area contributed by atoms with E-state index in [0.29, 0.717) is 6.42 Å². The van der Waals surface area contributed by atoms with Gasteiger partial charge >= 0.3 is 0 Å². The Bertz CT molecular complexity index is 185. The van der Waals surface area contributed by atoms with E-state index in [1.54, 1.807) is 7.05 Å². The van der Waals surface area contributed by atoms with Gasteiger partial charge in [0.1, 0.15) is 0 Å². The Morgan fingerprint density at radius 1 is 1.80 bits per heavy atom. The standard InChI is InChI=1S/C6H11N3O/c1-4(7)5-3-6(10)9(2)8-5/h4H,3,7H2,1-2H3/t4-/m0/s1. The highest BCUT2D eigenvalue weighted by atomic mass is 16.2. The molecule has 1 amide bonds. The molecule has 1 aliphatic heterocycles. The van der Waals surface area contributed by atoms with Gasteiger partial charge in [0.25, 0.3) is 0 Å². The van der Waals surface area contributed by atoms with Gasteiger partial charge in [-0.05, 0) is 6.92 Å². The van der Waals surface area contributed by atoms with Crippen LogP contribution in [0.15, 0.2) is 5.10 Å². The number of carbonyl (C=O) groups is 1. The molecule has 0 aromatic rings. The first kappa shape index (κ1) is 7.21. The Kier molecular flexibility index (Phi) is 1.72. The van der Waals surface area contributed by atoms with Crippen molar-refractivity contribution in [2.45, 2.75) is 19.4 Å². The molecule has 1 heterocycles. The fourth-order valence-corrected chi connectivity index (χ4v) is 0.805. The molecule has 0 aliphatic carbocycles. The number of rotatable bonds is 1. The van der Waals surface area contributed by atoms with E-state index in [9.17, 15) is 4.79 Å². The van der Waals surface area contributed by atoms with Gasteiger partial charge in [0.15, 0.2) is 0 Å². The SMILES string of the molecule is C[C@H](N)C1=NN(C)C(=O)C1. The molecule has 4 heteroatoms. The van der Waals surface area contributed by atoms with Gasteiger partial charge in [-0.3, -0.25) is 4.79 Å². The summed E-state index contributed by atoms with van der Waals surface area (Å²) < 4.78 is 0. The molecule has 0 saturated heterocycles. The molecule has 56 valence electrons. The van der Waals surface area contributed by atoms with E-state index in [4.69, 9.17) is 5.73 Å². The third-order valence-corrected chi connectivity index (χ3v) is 1.50. The second-order valence-electron chi connectivity index (χ2n) is 2.47. The minimum Gasteiger partial charge on any atom is -0.323 e. The molecule has 0 unspecified atom stereocenters. The topological polar surface area (TPSA) is 58.7 Å². The van der Waals surface area contributed by atoms with E-state index in [1.165, 1.54) is 5.01 Å². The van der Waals surface area contributed by atoms with Crippen LogP contribution in [0.4, 0.5) is 0 Å². The van der Waals surface area contributed by atoms with Crippen molar-refractivity contribution in [1.82, 2.24) is 5.01 Å². The van der Waals surface area contributed by atoms with E-state index >= 15 is 0 Å². The molecular formula is C6H11N3O. The van der Waals surface area contributed by atoms with Crippen LogP contribution in [0.1, 0.15) is 13.3 Å². The van der Waals surface area contributed by atoms with Crippen molar-refractivity contribution in [2.75, 3.05) is 7.05 Å². The van der Waals surface area contributed by atoms with Crippen molar-refractivity contribution in [3.63, 3.8) is 0 Å². The molecule has 1 atom stereocenters. The quantitative estimate of drug-likeness (QED) is 0.537. The fourth-order valence-electron chi connectivity index (χ4n) is 0.805. The third kappa shape index (κ3) is 1.16. The van der Waals surface area contributed by atoms with E-state index in [-0.39, 0.29) is 11.9 Å². The Hall–Kier alpha value is -0.900. The number of hydrogen-bond donors (Lipinski definition) is 1. The largest absolute Gasteiger partial charge is 0.323 e. The van der Waals surface area contributed by atoms with Gasteiger partial charge in [-0.15, -0.1) is 0 Å². The summed E-state index contributed by atoms with van der Waals surface area (Å²) in [7, 11) is 1.64. The lowest BCUT2D eigenvalue weighted by Crippen LogP contribution is -2.25. The van der Waals surface area contributed by atoms with Gasteiger partial charge in [0, 0.05) is 13.1 Å². The van der Waals surface area contributed by atoms with Crippen molar-refractivity contribution >= 4 is 11.6 Å². The average Bonchev–Trinajstić information content (AvgIpc) is 2.13. The van der Waals surface area contributed by atoms with Gasteiger partial charge in [0.2, 0.25) is 5.91 Å². The smallest absolute Gasteiger partial charge is 0.248 e. The van der Waals surface area contributed by atoms with Crippen LogP contribution in [0.2, 0.25) is 0 Å². The zero-order valence-corrected chi connectivity index (χ0v) is 6.16. The molecule has 0 aromatic heterocycles. The maximum Gasteiger partial charge on any atom is 0.248 e. The number of hydrazone groups is 1. The molecule has 0 bridgehead atoms. The first-order chi connectivity index (χ1) is 4.61. The normalized spacial score (nSPS) is 21.3. The summed E-state index contributed by atoms with van der Waals surface area (Å²) in [6.45, 7) is 1.82. The Labute approximate surface area is 59.7 Å². The molecule has 2 N–H and O–H groups in total. The zero-order valence-electron chi connectivity index (χ0n) is 6.16. The van der Waals surface area contributed by atoms with Crippen LogP contribution in [0.3, 0.4) is 0 Å². The summed E-state index contributed by atoms with van der Waals surface area (Å²) >= 11 is 0. The molecule has 0 saturated carbocycles. The van der Waals surface area contributed by atoms with Crippen molar-refractivity contribution < 1.29 is 4.79 Å². The number of nitrogens with zero attached hydrogens (tertiary/aromatic N) is 2. The van der Waals surface area contributed by atoms with Crippen molar-refractivity contribution in [3.8, 4) is 0 Å². The summed E-state index contributed by atoms with van der Waals surface area (Å²) in [4.78, 5) is 10.8. The predicted molar refractivity (Wildman–Crippen MR) is 38.5 cm³/mol. The first-order valence-electron chi connectivity index (χ1n) is 3.21. The van der Waals surface area contributed by atoms with Crippen molar-refractivity contribution in [2.24, 2.45) is 10.8 Å². The molecule has 0 radical (unpaired) electrons. The maximum atomic E-state index is 10.8. The highest BCUT2D eigenvalue weighted by Gasteiger charge is 2.21. The summed E-state index contributed by atoms with van der Waals surface area (Å²) in [6.07, 6.45) is 0.383. The average molecular weight is 141 g/mol. The van der Waals surface area contributed by atoms with Crippen molar-refractivity contribution in [3.05, 3.63) is 0 Å². The third-order valence-electron chi connectivity index (χ3n) is 1.50. The number of nitrogens with two attached hydrogens (primary N) is 1. The van der Waals surface area contributed by atoms with Crippen LogP contribution in [-0.2, 0) is 4.79 Å². The molecule has 0 spiro atoms. The van der Waals surface area contributed by atoms with E-state index < -0.39 is 0 Å². The molecule has 0 aromatic carbocycles. The molecule has 10 heavy (non-hydrogen) atoms. The number of amides is 1. The summed E-state index contributed by atoms with van der Waals surface area (Å²) in [6, 6.07) is -0.103. The van der Waals surface area contributed by atoms with Gasteiger partial charge < -0.3 is 5.73 Å². The number of carbonyl (C=O) groups excluding carboxylic acids is 1. The molecule has 1 rings (SSSR count). The number of hydrogen-bond acceptors (Lipinski definition) is 3. The Balaban J connectivity index is 2.67. The van der Waals surface area contributed by atoms with Crippen LogP contribution in [0, 0.1) is 0 Å². The summed E-state index contributed by atoms with van der Waals surface area (Å²) in [5.41, 5.74) is 6.28. The van der Waals surface area contributed by atoms with Gasteiger partial charge in [0.05, 0.1) is 12.1 Å². The zero-order chi connectivity index (χ0) is 7.72. The van der Waals surface area contributed by atoms with Crippen LogP contribution >= 0.6 is 0 Å². The molecule has 4 nitrogen and oxygen atoms in total. The van der Waals surface area contributed by atoms with Gasteiger partial charge in [-0.2, -0.15) is 5.10 Å².